The maximum absolute atomic E-state index is 11.7. The Morgan fingerprint density at radius 3 is 2.71 bits per heavy atom. The molecule has 1 aromatic carbocycles. The van der Waals surface area contributed by atoms with Gasteiger partial charge in [-0.3, -0.25) is 9.59 Å². The van der Waals surface area contributed by atoms with Crippen molar-refractivity contribution in [3.05, 3.63) is 24.3 Å². The first-order chi connectivity index (χ1) is 10.1. The Balaban J connectivity index is 1.79. The lowest BCUT2D eigenvalue weighted by molar-refractivity contribution is -0.139. The number of ether oxygens (including phenoxy) is 2. The second-order valence-electron chi connectivity index (χ2n) is 4.99. The maximum Gasteiger partial charge on any atom is 0.309 e. The monoisotopic (exact) mass is 292 g/mol. The standard InChI is InChI=1S/C15H20N2O4/c1-3-10(2)17-15(19)14(18)16-8-11-9-20-12-6-4-5-7-13(12)21-11/h4-7,10-11H,3,8-9H2,1-2H3,(H,16,18)(H,17,19)/t10-,11+/m1/s1. The van der Waals surface area contributed by atoms with Gasteiger partial charge in [0.2, 0.25) is 0 Å². The minimum Gasteiger partial charge on any atom is -0.486 e. The molecule has 2 amide bonds. The van der Waals surface area contributed by atoms with Crippen LogP contribution >= 0.6 is 0 Å². The Kier molecular flexibility index (Phi) is 5.03. The van der Waals surface area contributed by atoms with Crippen LogP contribution in [0.25, 0.3) is 0 Å². The fourth-order valence-electron chi connectivity index (χ4n) is 1.84. The summed E-state index contributed by atoms with van der Waals surface area (Å²) in [6.07, 6.45) is 0.468. The van der Waals surface area contributed by atoms with E-state index in [1.165, 1.54) is 0 Å². The molecule has 0 aromatic heterocycles. The van der Waals surface area contributed by atoms with Gasteiger partial charge in [0.1, 0.15) is 12.7 Å². The topological polar surface area (TPSA) is 76.7 Å². The molecule has 6 nitrogen and oxygen atoms in total. The van der Waals surface area contributed by atoms with Crippen LogP contribution in [0.15, 0.2) is 24.3 Å². The molecular weight excluding hydrogens is 272 g/mol. The fourth-order valence-corrected chi connectivity index (χ4v) is 1.84. The molecular formula is C15H20N2O4. The van der Waals surface area contributed by atoms with Crippen LogP contribution in [0.3, 0.4) is 0 Å². The number of nitrogens with one attached hydrogen (secondary N) is 2. The summed E-state index contributed by atoms with van der Waals surface area (Å²) in [5, 5.41) is 5.17. The van der Waals surface area contributed by atoms with Crippen molar-refractivity contribution in [1.82, 2.24) is 10.6 Å². The molecule has 21 heavy (non-hydrogen) atoms. The normalized spacial score (nSPS) is 17.7. The van der Waals surface area contributed by atoms with E-state index >= 15 is 0 Å². The molecule has 0 radical (unpaired) electrons. The van der Waals surface area contributed by atoms with Crippen LogP contribution in [0, 0.1) is 0 Å². The lowest BCUT2D eigenvalue weighted by atomic mass is 10.2. The van der Waals surface area contributed by atoms with E-state index in [0.29, 0.717) is 18.1 Å². The highest BCUT2D eigenvalue weighted by atomic mass is 16.6. The Morgan fingerprint density at radius 2 is 2.00 bits per heavy atom. The summed E-state index contributed by atoms with van der Waals surface area (Å²) >= 11 is 0. The predicted molar refractivity (Wildman–Crippen MR) is 77.3 cm³/mol. The van der Waals surface area contributed by atoms with Crippen LogP contribution < -0.4 is 20.1 Å². The number of carbonyl (C=O) groups is 2. The number of amides is 2. The van der Waals surface area contributed by atoms with Crippen molar-refractivity contribution < 1.29 is 19.1 Å². The molecule has 1 aliphatic heterocycles. The van der Waals surface area contributed by atoms with Gasteiger partial charge in [0.25, 0.3) is 0 Å². The summed E-state index contributed by atoms with van der Waals surface area (Å²) in [6, 6.07) is 7.32. The molecule has 0 aliphatic carbocycles. The second-order valence-corrected chi connectivity index (χ2v) is 4.99. The van der Waals surface area contributed by atoms with Crippen molar-refractivity contribution in [1.29, 1.82) is 0 Å². The molecule has 0 bridgehead atoms. The van der Waals surface area contributed by atoms with E-state index in [-0.39, 0.29) is 18.7 Å². The first-order valence-corrected chi connectivity index (χ1v) is 7.07. The second kappa shape index (κ2) is 6.97. The van der Waals surface area contributed by atoms with Crippen molar-refractivity contribution in [3.8, 4) is 11.5 Å². The third kappa shape index (κ3) is 4.11. The van der Waals surface area contributed by atoms with E-state index in [1.807, 2.05) is 32.0 Å². The van der Waals surface area contributed by atoms with Crippen LogP contribution in [-0.2, 0) is 9.59 Å². The molecule has 6 heteroatoms. The van der Waals surface area contributed by atoms with Gasteiger partial charge in [0, 0.05) is 6.04 Å². The van der Waals surface area contributed by atoms with Crippen LogP contribution in [0.4, 0.5) is 0 Å². The molecule has 0 fully saturated rings. The van der Waals surface area contributed by atoms with Gasteiger partial charge in [-0.15, -0.1) is 0 Å². The van der Waals surface area contributed by atoms with Gasteiger partial charge in [-0.1, -0.05) is 19.1 Å². The Bertz CT molecular complexity index is 518. The van der Waals surface area contributed by atoms with E-state index < -0.39 is 11.8 Å². The van der Waals surface area contributed by atoms with Crippen LogP contribution in [0.2, 0.25) is 0 Å². The third-order valence-corrected chi connectivity index (χ3v) is 3.25. The Labute approximate surface area is 123 Å². The van der Waals surface area contributed by atoms with Gasteiger partial charge in [-0.2, -0.15) is 0 Å². The van der Waals surface area contributed by atoms with Crippen molar-refractivity contribution >= 4 is 11.8 Å². The van der Waals surface area contributed by atoms with Gasteiger partial charge in [0.05, 0.1) is 6.54 Å². The minimum atomic E-state index is -0.655. The number of fused-ring (bicyclic) bond motifs is 1. The SMILES string of the molecule is CC[C@@H](C)NC(=O)C(=O)NC[C@H]1COc2ccccc2O1. The highest BCUT2D eigenvalue weighted by Gasteiger charge is 2.22. The summed E-state index contributed by atoms with van der Waals surface area (Å²) in [5.74, 6) is 0.0564. The minimum absolute atomic E-state index is 0.0237. The van der Waals surface area contributed by atoms with Crippen molar-refractivity contribution in [2.75, 3.05) is 13.2 Å². The van der Waals surface area contributed by atoms with Crippen molar-refractivity contribution in [3.63, 3.8) is 0 Å². The lowest BCUT2D eigenvalue weighted by Crippen LogP contribution is -2.47. The molecule has 2 N–H and O–H groups in total. The zero-order valence-electron chi connectivity index (χ0n) is 12.2. The molecule has 0 saturated heterocycles. The quantitative estimate of drug-likeness (QED) is 0.807. The lowest BCUT2D eigenvalue weighted by Gasteiger charge is -2.26. The molecule has 2 atom stereocenters. The summed E-state index contributed by atoms with van der Waals surface area (Å²) in [4.78, 5) is 23.3. The molecule has 1 heterocycles. The summed E-state index contributed by atoms with van der Waals surface area (Å²) < 4.78 is 11.2. The molecule has 1 aliphatic rings. The van der Waals surface area contributed by atoms with E-state index in [1.54, 1.807) is 6.07 Å². The molecule has 0 saturated carbocycles. The zero-order valence-corrected chi connectivity index (χ0v) is 12.2. The third-order valence-electron chi connectivity index (χ3n) is 3.25. The number of hydrogen-bond acceptors (Lipinski definition) is 4. The van der Waals surface area contributed by atoms with E-state index in [9.17, 15) is 9.59 Å². The summed E-state index contributed by atoms with van der Waals surface area (Å²) in [6.45, 7) is 4.35. The maximum atomic E-state index is 11.7. The number of hydrogen-bond donors (Lipinski definition) is 2. The fraction of sp³-hybridized carbons (Fsp3) is 0.467. The highest BCUT2D eigenvalue weighted by Crippen LogP contribution is 2.30. The van der Waals surface area contributed by atoms with Gasteiger partial charge >= 0.3 is 11.8 Å². The largest absolute Gasteiger partial charge is 0.486 e. The van der Waals surface area contributed by atoms with Gasteiger partial charge < -0.3 is 20.1 Å². The molecule has 0 spiro atoms. The van der Waals surface area contributed by atoms with Crippen molar-refractivity contribution in [2.24, 2.45) is 0 Å². The van der Waals surface area contributed by atoms with Crippen LogP contribution in [-0.4, -0.2) is 37.1 Å². The van der Waals surface area contributed by atoms with Gasteiger partial charge in [-0.05, 0) is 25.5 Å². The van der Waals surface area contributed by atoms with Crippen LogP contribution in [0.1, 0.15) is 20.3 Å². The number of rotatable bonds is 4. The zero-order chi connectivity index (χ0) is 15.2. The molecule has 1 aromatic rings. The van der Waals surface area contributed by atoms with Crippen molar-refractivity contribution in [2.45, 2.75) is 32.4 Å². The van der Waals surface area contributed by atoms with Gasteiger partial charge in [-0.25, -0.2) is 0 Å². The summed E-state index contributed by atoms with van der Waals surface area (Å²) in [7, 11) is 0. The van der Waals surface area contributed by atoms with E-state index in [4.69, 9.17) is 9.47 Å². The number of carbonyl (C=O) groups excluding carboxylic acids is 2. The Morgan fingerprint density at radius 1 is 1.29 bits per heavy atom. The van der Waals surface area contributed by atoms with E-state index in [0.717, 1.165) is 6.42 Å². The molecule has 2 rings (SSSR count). The summed E-state index contributed by atoms with van der Waals surface area (Å²) in [5.41, 5.74) is 0. The first kappa shape index (κ1) is 15.2. The Hall–Kier alpha value is -2.24. The average molecular weight is 292 g/mol. The smallest absolute Gasteiger partial charge is 0.309 e. The number of benzene rings is 1. The first-order valence-electron chi connectivity index (χ1n) is 7.07. The molecule has 0 unspecified atom stereocenters. The van der Waals surface area contributed by atoms with E-state index in [2.05, 4.69) is 10.6 Å². The number of para-hydroxylation sites is 2. The average Bonchev–Trinajstić information content (AvgIpc) is 2.52. The van der Waals surface area contributed by atoms with Gasteiger partial charge in [0.15, 0.2) is 11.5 Å². The predicted octanol–water partition coefficient (Wildman–Crippen LogP) is 0.857. The highest BCUT2D eigenvalue weighted by molar-refractivity contribution is 6.35. The molecule has 114 valence electrons. The van der Waals surface area contributed by atoms with Crippen LogP contribution in [0.5, 0.6) is 11.5 Å².